The third kappa shape index (κ3) is 6.46. The summed E-state index contributed by atoms with van der Waals surface area (Å²) in [5, 5.41) is 0. The molecule has 1 fully saturated rings. The summed E-state index contributed by atoms with van der Waals surface area (Å²) in [7, 11) is 0. The first kappa shape index (κ1) is 22.1. The number of carbonyl (C=O) groups excluding carboxylic acids is 1. The van der Waals surface area contributed by atoms with Gasteiger partial charge < -0.3 is 9.64 Å². The smallest absolute Gasteiger partial charge is 0.226 e. The van der Waals surface area contributed by atoms with E-state index in [1.165, 1.54) is 11.1 Å². The molecule has 160 valence electrons. The van der Waals surface area contributed by atoms with Gasteiger partial charge in [0.05, 0.1) is 0 Å². The zero-order valence-electron chi connectivity index (χ0n) is 18.3. The van der Waals surface area contributed by atoms with Gasteiger partial charge in [0.1, 0.15) is 12.4 Å². The first-order valence-corrected chi connectivity index (χ1v) is 11.0. The third-order valence-corrected chi connectivity index (χ3v) is 5.67. The number of likely N-dealkylation sites (N-methyl/N-ethyl adjacent to an activating group) is 1. The molecule has 3 rings (SSSR count). The van der Waals surface area contributed by atoms with Gasteiger partial charge in [-0.2, -0.15) is 0 Å². The van der Waals surface area contributed by atoms with E-state index in [-0.39, 0.29) is 5.92 Å². The normalized spacial score (nSPS) is 15.0. The zero-order valence-corrected chi connectivity index (χ0v) is 18.3. The minimum atomic E-state index is 0.148. The number of hydrogen-bond acceptors (Lipinski definition) is 3. The van der Waals surface area contributed by atoms with E-state index in [9.17, 15) is 4.79 Å². The number of nitrogens with zero attached hydrogens (tertiary/aromatic N) is 2. The van der Waals surface area contributed by atoms with Crippen molar-refractivity contribution in [2.24, 2.45) is 5.92 Å². The van der Waals surface area contributed by atoms with Crippen LogP contribution in [-0.2, 0) is 17.9 Å². The molecule has 0 atom stereocenters. The van der Waals surface area contributed by atoms with E-state index in [1.54, 1.807) is 0 Å². The fraction of sp³-hybridized carbons (Fsp3) is 0.423. The Labute approximate surface area is 181 Å². The van der Waals surface area contributed by atoms with Gasteiger partial charge in [-0.25, -0.2) is 0 Å². The summed E-state index contributed by atoms with van der Waals surface area (Å²) in [6.07, 6.45) is 1.87. The maximum Gasteiger partial charge on any atom is 0.226 e. The summed E-state index contributed by atoms with van der Waals surface area (Å²) in [4.78, 5) is 17.2. The van der Waals surface area contributed by atoms with Crippen molar-refractivity contribution in [1.82, 2.24) is 9.80 Å². The number of hydrogen-bond donors (Lipinski definition) is 0. The Morgan fingerprint density at radius 2 is 1.73 bits per heavy atom. The van der Waals surface area contributed by atoms with Gasteiger partial charge in [0.15, 0.2) is 0 Å². The van der Waals surface area contributed by atoms with E-state index in [2.05, 4.69) is 35.7 Å². The average molecular weight is 407 g/mol. The molecule has 30 heavy (non-hydrogen) atoms. The molecular weight excluding hydrogens is 372 g/mol. The first-order valence-electron chi connectivity index (χ1n) is 11.0. The number of piperidine rings is 1. The Kier molecular flexibility index (Phi) is 8.09. The Morgan fingerprint density at radius 3 is 2.33 bits per heavy atom. The van der Waals surface area contributed by atoms with Crippen molar-refractivity contribution in [2.45, 2.75) is 39.8 Å². The molecule has 1 amide bonds. The molecule has 0 N–H and O–H groups in total. The lowest BCUT2D eigenvalue weighted by molar-refractivity contribution is -0.136. The van der Waals surface area contributed by atoms with Crippen molar-refractivity contribution >= 4 is 5.91 Å². The van der Waals surface area contributed by atoms with Gasteiger partial charge in [-0.3, -0.25) is 9.69 Å². The number of benzene rings is 2. The summed E-state index contributed by atoms with van der Waals surface area (Å²) in [6.45, 7) is 12.8. The number of likely N-dealkylation sites (tertiary alicyclic amines) is 1. The Balaban J connectivity index is 1.44. The van der Waals surface area contributed by atoms with Crippen LogP contribution in [0.2, 0.25) is 0 Å². The van der Waals surface area contributed by atoms with Crippen molar-refractivity contribution in [2.75, 3.05) is 26.2 Å². The predicted octanol–water partition coefficient (Wildman–Crippen LogP) is 4.90. The lowest BCUT2D eigenvalue weighted by Crippen LogP contribution is -2.42. The van der Waals surface area contributed by atoms with Crippen LogP contribution in [0, 0.1) is 5.92 Å². The van der Waals surface area contributed by atoms with Gasteiger partial charge in [-0.05, 0) is 63.0 Å². The molecule has 4 heteroatoms. The quantitative estimate of drug-likeness (QED) is 0.555. The van der Waals surface area contributed by atoms with Gasteiger partial charge in [-0.1, -0.05) is 54.6 Å². The van der Waals surface area contributed by atoms with Crippen LogP contribution in [0.25, 0.3) is 0 Å². The van der Waals surface area contributed by atoms with Crippen LogP contribution in [0.1, 0.15) is 37.8 Å². The lowest BCUT2D eigenvalue weighted by atomic mass is 9.94. The lowest BCUT2D eigenvalue weighted by Gasteiger charge is -2.34. The van der Waals surface area contributed by atoms with Crippen molar-refractivity contribution < 1.29 is 9.53 Å². The van der Waals surface area contributed by atoms with E-state index < -0.39 is 0 Å². The molecule has 1 aliphatic rings. The summed E-state index contributed by atoms with van der Waals surface area (Å²) < 4.78 is 5.88. The molecule has 2 aromatic rings. The summed E-state index contributed by atoms with van der Waals surface area (Å²) in [5.41, 5.74) is 3.49. The molecule has 0 unspecified atom stereocenters. The monoisotopic (exact) mass is 406 g/mol. The first-order chi connectivity index (χ1) is 14.5. The van der Waals surface area contributed by atoms with Crippen LogP contribution >= 0.6 is 0 Å². The molecule has 0 aromatic heterocycles. The fourth-order valence-corrected chi connectivity index (χ4v) is 3.96. The minimum Gasteiger partial charge on any atom is -0.489 e. The second-order valence-corrected chi connectivity index (χ2v) is 8.28. The zero-order chi connectivity index (χ0) is 21.3. The largest absolute Gasteiger partial charge is 0.489 e. The molecule has 1 aliphatic heterocycles. The SMILES string of the molecule is C=C(C)CN(CC)C(=O)C1CCN(Cc2ccc(OCc3ccccc3)cc2)CC1. The molecule has 1 heterocycles. The van der Waals surface area contributed by atoms with Gasteiger partial charge in [-0.15, -0.1) is 0 Å². The van der Waals surface area contributed by atoms with Crippen LogP contribution in [-0.4, -0.2) is 41.9 Å². The molecular formula is C26H34N2O2. The molecule has 4 nitrogen and oxygen atoms in total. The van der Waals surface area contributed by atoms with Crippen LogP contribution in [0.4, 0.5) is 0 Å². The van der Waals surface area contributed by atoms with E-state index in [0.29, 0.717) is 19.1 Å². The molecule has 0 saturated carbocycles. The molecule has 0 radical (unpaired) electrons. The molecule has 2 aromatic carbocycles. The molecule has 0 aliphatic carbocycles. The van der Waals surface area contributed by atoms with Crippen molar-refractivity contribution in [3.8, 4) is 5.75 Å². The Morgan fingerprint density at radius 1 is 1.07 bits per heavy atom. The van der Waals surface area contributed by atoms with Crippen molar-refractivity contribution in [3.05, 3.63) is 77.9 Å². The summed E-state index contributed by atoms with van der Waals surface area (Å²) >= 11 is 0. The Hall–Kier alpha value is -2.59. The van der Waals surface area contributed by atoms with Crippen molar-refractivity contribution in [3.63, 3.8) is 0 Å². The Bertz CT molecular complexity index is 809. The third-order valence-electron chi connectivity index (χ3n) is 5.67. The van der Waals surface area contributed by atoms with Crippen LogP contribution < -0.4 is 4.74 Å². The predicted molar refractivity (Wildman–Crippen MR) is 122 cm³/mol. The van der Waals surface area contributed by atoms with Gasteiger partial charge in [0.2, 0.25) is 5.91 Å². The highest BCUT2D eigenvalue weighted by Crippen LogP contribution is 2.22. The molecule has 0 bridgehead atoms. The number of carbonyl (C=O) groups is 1. The maximum atomic E-state index is 12.8. The number of ether oxygens (including phenoxy) is 1. The average Bonchev–Trinajstić information content (AvgIpc) is 2.77. The highest BCUT2D eigenvalue weighted by atomic mass is 16.5. The summed E-state index contributed by atoms with van der Waals surface area (Å²) in [5.74, 6) is 1.33. The van der Waals surface area contributed by atoms with Gasteiger partial charge in [0, 0.05) is 25.6 Å². The highest BCUT2D eigenvalue weighted by Gasteiger charge is 2.27. The van der Waals surface area contributed by atoms with E-state index in [1.807, 2.05) is 49.1 Å². The molecule has 1 saturated heterocycles. The number of rotatable bonds is 9. The topological polar surface area (TPSA) is 32.8 Å². The van der Waals surface area contributed by atoms with Crippen LogP contribution in [0.3, 0.4) is 0 Å². The highest BCUT2D eigenvalue weighted by molar-refractivity contribution is 5.79. The second-order valence-electron chi connectivity index (χ2n) is 8.28. The standard InChI is InChI=1S/C26H34N2O2/c1-4-28(18-21(2)3)26(29)24-14-16-27(17-15-24)19-22-10-12-25(13-11-22)30-20-23-8-6-5-7-9-23/h5-13,24H,2,4,14-20H2,1,3H3. The maximum absolute atomic E-state index is 12.8. The molecule has 0 spiro atoms. The second kappa shape index (κ2) is 11.0. The van der Waals surface area contributed by atoms with Crippen LogP contribution in [0.5, 0.6) is 5.75 Å². The minimum absolute atomic E-state index is 0.148. The van der Waals surface area contributed by atoms with Crippen LogP contribution in [0.15, 0.2) is 66.7 Å². The fourth-order valence-electron chi connectivity index (χ4n) is 3.96. The van der Waals surface area contributed by atoms with E-state index in [4.69, 9.17) is 4.74 Å². The van der Waals surface area contributed by atoms with E-state index >= 15 is 0 Å². The van der Waals surface area contributed by atoms with Gasteiger partial charge in [0.25, 0.3) is 0 Å². The van der Waals surface area contributed by atoms with E-state index in [0.717, 1.165) is 50.3 Å². The van der Waals surface area contributed by atoms with Gasteiger partial charge >= 0.3 is 0 Å². The summed E-state index contributed by atoms with van der Waals surface area (Å²) in [6, 6.07) is 18.6. The number of amides is 1. The van der Waals surface area contributed by atoms with Crippen molar-refractivity contribution in [1.29, 1.82) is 0 Å².